The van der Waals surface area contributed by atoms with Gasteiger partial charge in [-0.15, -0.1) is 0 Å². The van der Waals surface area contributed by atoms with E-state index in [2.05, 4.69) is 10.6 Å². The molecule has 2 N–H and O–H groups in total. The van der Waals surface area contributed by atoms with Crippen molar-refractivity contribution in [3.63, 3.8) is 0 Å². The molecule has 0 radical (unpaired) electrons. The Morgan fingerprint density at radius 3 is 2.54 bits per heavy atom. The number of hydrogen-bond acceptors (Lipinski definition) is 2. The van der Waals surface area contributed by atoms with E-state index in [9.17, 15) is 14.0 Å². The fourth-order valence-electron chi connectivity index (χ4n) is 4.28. The second kappa shape index (κ2) is 7.13. The smallest absolute Gasteiger partial charge is 0.317 e. The highest BCUT2D eigenvalue weighted by molar-refractivity contribution is 5.77. The number of halogens is 1. The van der Waals surface area contributed by atoms with Crippen LogP contribution >= 0.6 is 0 Å². The number of carbonyl (C=O) groups excluding carboxylic acids is 2. The molecular formula is C19H25FN4O2. The minimum absolute atomic E-state index is 0.0153. The van der Waals surface area contributed by atoms with E-state index in [4.69, 9.17) is 0 Å². The van der Waals surface area contributed by atoms with Crippen molar-refractivity contribution < 1.29 is 14.0 Å². The summed E-state index contributed by atoms with van der Waals surface area (Å²) in [6.45, 7) is 2.81. The first kappa shape index (κ1) is 17.1. The number of piperidine rings is 1. The zero-order valence-corrected chi connectivity index (χ0v) is 14.8. The number of benzene rings is 1. The second-order valence-corrected chi connectivity index (χ2v) is 7.48. The van der Waals surface area contributed by atoms with Crippen LogP contribution in [0.4, 0.5) is 14.0 Å². The maximum atomic E-state index is 13.8. The van der Waals surface area contributed by atoms with Gasteiger partial charge < -0.3 is 20.4 Å². The van der Waals surface area contributed by atoms with Crippen LogP contribution in [0.15, 0.2) is 24.3 Å². The van der Waals surface area contributed by atoms with Crippen LogP contribution in [0.1, 0.15) is 37.2 Å². The maximum absolute atomic E-state index is 13.8. The predicted octanol–water partition coefficient (Wildman–Crippen LogP) is 2.27. The van der Waals surface area contributed by atoms with Gasteiger partial charge >= 0.3 is 12.1 Å². The van der Waals surface area contributed by atoms with Crippen molar-refractivity contribution in [2.75, 3.05) is 26.2 Å². The number of amides is 4. The van der Waals surface area contributed by atoms with Gasteiger partial charge in [0, 0.05) is 38.3 Å². The van der Waals surface area contributed by atoms with Crippen LogP contribution in [-0.4, -0.2) is 60.1 Å². The van der Waals surface area contributed by atoms with E-state index in [1.54, 1.807) is 6.07 Å². The van der Waals surface area contributed by atoms with Gasteiger partial charge in [-0.05, 0) is 43.2 Å². The Balaban J connectivity index is 1.22. The van der Waals surface area contributed by atoms with E-state index >= 15 is 0 Å². The number of rotatable bonds is 3. The van der Waals surface area contributed by atoms with Gasteiger partial charge in [0.25, 0.3) is 0 Å². The van der Waals surface area contributed by atoms with Gasteiger partial charge in [-0.3, -0.25) is 0 Å². The number of hydrogen-bond donors (Lipinski definition) is 2. The minimum atomic E-state index is -0.157. The number of nitrogens with zero attached hydrogens (tertiary/aromatic N) is 2. The lowest BCUT2D eigenvalue weighted by molar-refractivity contribution is 0.135. The molecule has 7 heteroatoms. The molecule has 3 aliphatic rings. The molecule has 1 aliphatic carbocycles. The third-order valence-corrected chi connectivity index (χ3v) is 5.89. The first-order valence-electron chi connectivity index (χ1n) is 9.46. The average molecular weight is 360 g/mol. The van der Waals surface area contributed by atoms with Gasteiger partial charge in [-0.25, -0.2) is 14.0 Å². The minimum Gasteiger partial charge on any atom is -0.336 e. The van der Waals surface area contributed by atoms with E-state index in [0.717, 1.165) is 37.8 Å². The van der Waals surface area contributed by atoms with Gasteiger partial charge in [-0.1, -0.05) is 18.2 Å². The highest BCUT2D eigenvalue weighted by Crippen LogP contribution is 2.38. The first-order valence-corrected chi connectivity index (χ1v) is 9.46. The zero-order valence-electron chi connectivity index (χ0n) is 14.8. The van der Waals surface area contributed by atoms with E-state index in [-0.39, 0.29) is 35.9 Å². The van der Waals surface area contributed by atoms with E-state index < -0.39 is 0 Å². The summed E-state index contributed by atoms with van der Waals surface area (Å²) < 4.78 is 13.8. The number of likely N-dealkylation sites (tertiary alicyclic amines) is 1. The monoisotopic (exact) mass is 360 g/mol. The Labute approximate surface area is 152 Å². The standard InChI is InChI=1S/C19H25FN4O2/c20-17-4-2-1-3-16(17)13-11-14(12-13)22-19(26)23-8-5-15(6-9-23)24-10-7-21-18(24)25/h1-4,13-15H,5-12H2,(H,21,25)(H,22,26). The van der Waals surface area contributed by atoms with Gasteiger partial charge in [0.05, 0.1) is 0 Å². The summed E-state index contributed by atoms with van der Waals surface area (Å²) in [6, 6.07) is 7.21. The number of carbonyl (C=O) groups is 2. The summed E-state index contributed by atoms with van der Waals surface area (Å²) in [5.41, 5.74) is 0.753. The SMILES string of the molecule is O=C(NC1CC(c2ccccc2F)C1)N1CCC(N2CCNC2=O)CC1. The molecular weight excluding hydrogens is 335 g/mol. The summed E-state index contributed by atoms with van der Waals surface area (Å²) in [4.78, 5) is 27.9. The van der Waals surface area contributed by atoms with Crippen LogP contribution < -0.4 is 10.6 Å². The maximum Gasteiger partial charge on any atom is 0.317 e. The molecule has 2 aliphatic heterocycles. The molecule has 0 unspecified atom stereocenters. The normalized spacial score (nSPS) is 26.4. The van der Waals surface area contributed by atoms with Crippen molar-refractivity contribution in [2.24, 2.45) is 0 Å². The van der Waals surface area contributed by atoms with Gasteiger partial charge in [0.1, 0.15) is 5.82 Å². The number of nitrogens with one attached hydrogen (secondary N) is 2. The quantitative estimate of drug-likeness (QED) is 0.869. The summed E-state index contributed by atoms with van der Waals surface area (Å²) >= 11 is 0. The summed E-state index contributed by atoms with van der Waals surface area (Å²) in [5, 5.41) is 5.90. The predicted molar refractivity (Wildman–Crippen MR) is 95.4 cm³/mol. The van der Waals surface area contributed by atoms with Crippen LogP contribution in [0.3, 0.4) is 0 Å². The van der Waals surface area contributed by atoms with Gasteiger partial charge in [-0.2, -0.15) is 0 Å². The lowest BCUT2D eigenvalue weighted by Gasteiger charge is -2.40. The molecule has 1 saturated carbocycles. The molecule has 4 amide bonds. The Hall–Kier alpha value is -2.31. The van der Waals surface area contributed by atoms with E-state index in [1.807, 2.05) is 21.9 Å². The van der Waals surface area contributed by atoms with Crippen molar-refractivity contribution in [2.45, 2.75) is 43.7 Å². The Morgan fingerprint density at radius 2 is 1.88 bits per heavy atom. The van der Waals surface area contributed by atoms with Crippen molar-refractivity contribution in [3.05, 3.63) is 35.6 Å². The molecule has 2 saturated heterocycles. The van der Waals surface area contributed by atoms with Gasteiger partial charge in [0.15, 0.2) is 0 Å². The zero-order chi connectivity index (χ0) is 18.1. The van der Waals surface area contributed by atoms with Crippen LogP contribution in [0.5, 0.6) is 0 Å². The third kappa shape index (κ3) is 3.34. The molecule has 0 atom stereocenters. The third-order valence-electron chi connectivity index (χ3n) is 5.89. The van der Waals surface area contributed by atoms with Crippen LogP contribution in [-0.2, 0) is 0 Å². The summed E-state index contributed by atoms with van der Waals surface area (Å²) in [5.74, 6) is 0.0382. The van der Waals surface area contributed by atoms with Crippen molar-refractivity contribution in [3.8, 4) is 0 Å². The molecule has 0 spiro atoms. The molecule has 0 bridgehead atoms. The molecule has 3 fully saturated rings. The topological polar surface area (TPSA) is 64.7 Å². The molecule has 1 aromatic carbocycles. The van der Waals surface area contributed by atoms with E-state index in [1.165, 1.54) is 6.07 Å². The second-order valence-electron chi connectivity index (χ2n) is 7.48. The highest BCUT2D eigenvalue weighted by atomic mass is 19.1. The lowest BCUT2D eigenvalue weighted by Crippen LogP contribution is -2.53. The molecule has 4 rings (SSSR count). The summed E-state index contributed by atoms with van der Waals surface area (Å²) in [6.07, 6.45) is 3.22. The van der Waals surface area contributed by atoms with Crippen molar-refractivity contribution in [1.29, 1.82) is 0 Å². The van der Waals surface area contributed by atoms with Gasteiger partial charge in [0.2, 0.25) is 0 Å². The molecule has 0 aromatic heterocycles. The Morgan fingerprint density at radius 1 is 1.15 bits per heavy atom. The van der Waals surface area contributed by atoms with E-state index in [0.29, 0.717) is 19.6 Å². The Kier molecular flexibility index (Phi) is 4.70. The first-order chi connectivity index (χ1) is 12.6. The summed E-state index contributed by atoms with van der Waals surface area (Å²) in [7, 11) is 0. The van der Waals surface area contributed by atoms with Crippen molar-refractivity contribution >= 4 is 12.1 Å². The largest absolute Gasteiger partial charge is 0.336 e. The van der Waals surface area contributed by atoms with Crippen LogP contribution in [0.25, 0.3) is 0 Å². The molecule has 1 aromatic rings. The highest BCUT2D eigenvalue weighted by Gasteiger charge is 2.35. The average Bonchev–Trinajstić information content (AvgIpc) is 3.04. The van der Waals surface area contributed by atoms with Crippen molar-refractivity contribution in [1.82, 2.24) is 20.4 Å². The van der Waals surface area contributed by atoms with Crippen LogP contribution in [0, 0.1) is 5.82 Å². The number of urea groups is 2. The fraction of sp³-hybridized carbons (Fsp3) is 0.579. The molecule has 26 heavy (non-hydrogen) atoms. The fourth-order valence-corrected chi connectivity index (χ4v) is 4.28. The molecule has 140 valence electrons. The molecule has 6 nitrogen and oxygen atoms in total. The molecule has 2 heterocycles. The Bertz CT molecular complexity index is 684. The lowest BCUT2D eigenvalue weighted by atomic mass is 9.75. The van der Waals surface area contributed by atoms with Crippen LogP contribution in [0.2, 0.25) is 0 Å².